The molecule has 1 fully saturated rings. The van der Waals surface area contributed by atoms with Crippen molar-refractivity contribution in [2.75, 3.05) is 19.7 Å². The molecule has 1 aliphatic heterocycles. The second kappa shape index (κ2) is 6.13. The van der Waals surface area contributed by atoms with Gasteiger partial charge in [-0.1, -0.05) is 25.5 Å². The summed E-state index contributed by atoms with van der Waals surface area (Å²) in [5.74, 6) is -0.517. The van der Waals surface area contributed by atoms with Gasteiger partial charge in [-0.25, -0.2) is 0 Å². The highest BCUT2D eigenvalue weighted by molar-refractivity contribution is 5.95. The third-order valence-corrected chi connectivity index (χ3v) is 3.54. The number of rotatable bonds is 6. The number of hydrogen-bond acceptors (Lipinski definition) is 4. The molecule has 0 atom stereocenters. The average Bonchev–Trinajstić information content (AvgIpc) is 2.42. The lowest BCUT2D eigenvalue weighted by Gasteiger charge is -2.46. The Balaban J connectivity index is 1.87. The van der Waals surface area contributed by atoms with Crippen molar-refractivity contribution in [1.29, 1.82) is 0 Å². The largest absolute Gasteiger partial charge is 0.483 e. The van der Waals surface area contributed by atoms with Gasteiger partial charge in [0.1, 0.15) is 5.75 Å². The van der Waals surface area contributed by atoms with Crippen molar-refractivity contribution in [3.8, 4) is 5.75 Å². The number of aliphatic hydroxyl groups is 1. The van der Waals surface area contributed by atoms with E-state index in [9.17, 15) is 14.7 Å². The van der Waals surface area contributed by atoms with Crippen molar-refractivity contribution in [2.24, 2.45) is 5.73 Å². The number of hydrogen-bond donors (Lipinski definition) is 2. The lowest BCUT2D eigenvalue weighted by Crippen LogP contribution is -2.64. The molecule has 1 aliphatic rings. The fraction of sp³-hybridized carbons (Fsp3) is 0.467. The number of amides is 2. The lowest BCUT2D eigenvalue weighted by atomic mass is 9.89. The molecule has 0 saturated carbocycles. The van der Waals surface area contributed by atoms with Crippen LogP contribution >= 0.6 is 0 Å². The molecule has 3 N–H and O–H groups in total. The Morgan fingerprint density at radius 1 is 1.38 bits per heavy atom. The lowest BCUT2D eigenvalue weighted by molar-refractivity contribution is -0.158. The minimum atomic E-state index is -0.754. The third kappa shape index (κ3) is 3.52. The van der Waals surface area contributed by atoms with Crippen molar-refractivity contribution in [2.45, 2.75) is 25.4 Å². The highest BCUT2D eigenvalue weighted by Gasteiger charge is 2.42. The van der Waals surface area contributed by atoms with E-state index in [0.29, 0.717) is 25.3 Å². The predicted octanol–water partition coefficient (Wildman–Crippen LogP) is 0.538. The normalized spacial score (nSPS) is 16.2. The molecular formula is C15H20N2O4. The van der Waals surface area contributed by atoms with Crippen LogP contribution in [0.15, 0.2) is 24.3 Å². The molecule has 2 rings (SSSR count). The zero-order chi connectivity index (χ0) is 15.5. The first-order valence-electron chi connectivity index (χ1n) is 6.97. The summed E-state index contributed by atoms with van der Waals surface area (Å²) in [5.41, 5.74) is 4.73. The molecule has 0 unspecified atom stereocenters. The number of primary amides is 1. The first-order valence-corrected chi connectivity index (χ1v) is 6.97. The van der Waals surface area contributed by atoms with Crippen molar-refractivity contribution in [3.05, 3.63) is 29.8 Å². The van der Waals surface area contributed by atoms with Gasteiger partial charge < -0.3 is 20.5 Å². The van der Waals surface area contributed by atoms with Gasteiger partial charge in [0.2, 0.25) is 0 Å². The number of carbonyl (C=O) groups is 2. The van der Waals surface area contributed by atoms with E-state index in [1.807, 2.05) is 6.92 Å². The number of para-hydroxylation sites is 1. The third-order valence-electron chi connectivity index (χ3n) is 3.54. The molecule has 1 heterocycles. The zero-order valence-electron chi connectivity index (χ0n) is 12.0. The van der Waals surface area contributed by atoms with Crippen LogP contribution in [-0.2, 0) is 4.79 Å². The van der Waals surface area contributed by atoms with E-state index in [1.165, 1.54) is 0 Å². The van der Waals surface area contributed by atoms with Gasteiger partial charge in [0, 0.05) is 0 Å². The van der Waals surface area contributed by atoms with E-state index < -0.39 is 11.5 Å². The smallest absolute Gasteiger partial charge is 0.260 e. The van der Waals surface area contributed by atoms with Gasteiger partial charge in [0.25, 0.3) is 11.8 Å². The fourth-order valence-electron chi connectivity index (χ4n) is 2.49. The summed E-state index contributed by atoms with van der Waals surface area (Å²) in [6.07, 6.45) is 1.56. The highest BCUT2D eigenvalue weighted by atomic mass is 16.5. The molecule has 2 amide bonds. The van der Waals surface area contributed by atoms with Gasteiger partial charge in [-0.05, 0) is 18.6 Å². The minimum Gasteiger partial charge on any atom is -0.483 e. The van der Waals surface area contributed by atoms with Gasteiger partial charge in [0.15, 0.2) is 6.61 Å². The summed E-state index contributed by atoms with van der Waals surface area (Å²) in [6.45, 7) is 2.49. The van der Waals surface area contributed by atoms with Crippen molar-refractivity contribution in [1.82, 2.24) is 4.90 Å². The second-order valence-electron chi connectivity index (χ2n) is 5.37. The first kappa shape index (κ1) is 15.3. The predicted molar refractivity (Wildman–Crippen MR) is 76.9 cm³/mol. The van der Waals surface area contributed by atoms with Crippen LogP contribution < -0.4 is 10.5 Å². The summed E-state index contributed by atoms with van der Waals surface area (Å²) >= 11 is 0. The molecule has 6 heteroatoms. The fourth-order valence-corrected chi connectivity index (χ4v) is 2.49. The van der Waals surface area contributed by atoms with Gasteiger partial charge in [-0.15, -0.1) is 0 Å². The van der Waals surface area contributed by atoms with Crippen LogP contribution in [0.3, 0.4) is 0 Å². The number of likely N-dealkylation sites (tertiary alicyclic amines) is 1. The van der Waals surface area contributed by atoms with E-state index in [1.54, 1.807) is 29.2 Å². The average molecular weight is 292 g/mol. The number of benzene rings is 1. The van der Waals surface area contributed by atoms with Crippen LogP contribution in [0, 0.1) is 0 Å². The summed E-state index contributed by atoms with van der Waals surface area (Å²) in [4.78, 5) is 24.7. The van der Waals surface area contributed by atoms with Crippen LogP contribution in [0.2, 0.25) is 0 Å². The van der Waals surface area contributed by atoms with Crippen LogP contribution in [0.5, 0.6) is 5.75 Å². The molecule has 0 aliphatic carbocycles. The summed E-state index contributed by atoms with van der Waals surface area (Å²) in [7, 11) is 0. The Labute approximate surface area is 123 Å². The maximum Gasteiger partial charge on any atom is 0.260 e. The highest BCUT2D eigenvalue weighted by Crippen LogP contribution is 2.26. The quantitative estimate of drug-likeness (QED) is 0.800. The van der Waals surface area contributed by atoms with Crippen LogP contribution in [-0.4, -0.2) is 47.1 Å². The van der Waals surface area contributed by atoms with Crippen LogP contribution in [0.1, 0.15) is 30.1 Å². The molecule has 114 valence electrons. The van der Waals surface area contributed by atoms with Crippen LogP contribution in [0.4, 0.5) is 0 Å². The van der Waals surface area contributed by atoms with Crippen molar-refractivity contribution >= 4 is 11.8 Å². The van der Waals surface area contributed by atoms with Gasteiger partial charge in [0.05, 0.1) is 24.3 Å². The van der Waals surface area contributed by atoms with E-state index in [2.05, 4.69) is 0 Å². The van der Waals surface area contributed by atoms with Gasteiger partial charge in [-0.2, -0.15) is 0 Å². The van der Waals surface area contributed by atoms with E-state index in [0.717, 1.165) is 6.42 Å². The number of nitrogens with zero attached hydrogens (tertiary/aromatic N) is 1. The molecule has 0 bridgehead atoms. The molecule has 0 radical (unpaired) electrons. The maximum atomic E-state index is 11.9. The summed E-state index contributed by atoms with van der Waals surface area (Å²) in [6, 6.07) is 6.52. The first-order chi connectivity index (χ1) is 9.95. The number of nitrogens with two attached hydrogens (primary N) is 1. The second-order valence-corrected chi connectivity index (χ2v) is 5.37. The Hall–Kier alpha value is -2.08. The van der Waals surface area contributed by atoms with E-state index in [4.69, 9.17) is 10.5 Å². The summed E-state index contributed by atoms with van der Waals surface area (Å²) < 4.78 is 5.37. The van der Waals surface area contributed by atoms with Crippen molar-refractivity contribution in [3.63, 3.8) is 0 Å². The molecule has 1 saturated heterocycles. The minimum absolute atomic E-state index is 0.174. The van der Waals surface area contributed by atoms with E-state index in [-0.39, 0.29) is 18.1 Å². The Kier molecular flexibility index (Phi) is 4.47. The van der Waals surface area contributed by atoms with Gasteiger partial charge in [-0.3, -0.25) is 9.59 Å². The summed E-state index contributed by atoms with van der Waals surface area (Å²) in [5, 5.41) is 10.0. The van der Waals surface area contributed by atoms with E-state index >= 15 is 0 Å². The number of carbonyl (C=O) groups excluding carboxylic acids is 2. The number of ether oxygens (including phenoxy) is 1. The molecule has 1 aromatic rings. The molecule has 0 spiro atoms. The molecule has 6 nitrogen and oxygen atoms in total. The Bertz CT molecular complexity index is 538. The van der Waals surface area contributed by atoms with Gasteiger partial charge >= 0.3 is 0 Å². The molecule has 0 aromatic heterocycles. The standard InChI is InChI=1S/C15H20N2O4/c1-2-7-15(20)9-17(10-15)13(18)8-21-12-6-4-3-5-11(12)14(16)19/h3-6,20H,2,7-10H2,1H3,(H2,16,19). The molecule has 21 heavy (non-hydrogen) atoms. The topological polar surface area (TPSA) is 92.9 Å². The SMILES string of the molecule is CCCC1(O)CN(C(=O)COc2ccccc2C(N)=O)C1. The maximum absolute atomic E-state index is 11.9. The van der Waals surface area contributed by atoms with Crippen LogP contribution in [0.25, 0.3) is 0 Å². The Morgan fingerprint density at radius 3 is 2.67 bits per heavy atom. The Morgan fingerprint density at radius 2 is 2.05 bits per heavy atom. The van der Waals surface area contributed by atoms with Crippen molar-refractivity contribution < 1.29 is 19.4 Å². The zero-order valence-corrected chi connectivity index (χ0v) is 12.0. The number of β-amino-alcohol motifs (C(OH)–C–C–N with tert-alkyl or cyclic N) is 1. The monoisotopic (exact) mass is 292 g/mol. The molecular weight excluding hydrogens is 272 g/mol. The molecule has 1 aromatic carbocycles.